The lowest BCUT2D eigenvalue weighted by molar-refractivity contribution is -0.123. The molecule has 0 bridgehead atoms. The molecule has 1 saturated heterocycles. The number of ether oxygens (including phenoxy) is 1. The van der Waals surface area contributed by atoms with Gasteiger partial charge in [-0.25, -0.2) is 0 Å². The Bertz CT molecular complexity index is 521. The topological polar surface area (TPSA) is 50.4 Å². The van der Waals surface area contributed by atoms with Crippen LogP contribution >= 0.6 is 15.9 Å². The van der Waals surface area contributed by atoms with E-state index in [0.717, 1.165) is 61.0 Å². The Morgan fingerprint density at radius 2 is 2.05 bits per heavy atom. The fourth-order valence-electron chi connectivity index (χ4n) is 3.06. The minimum absolute atomic E-state index is 0.0907. The first-order chi connectivity index (χ1) is 10.2. The van der Waals surface area contributed by atoms with Gasteiger partial charge in [0.05, 0.1) is 12.6 Å². The summed E-state index contributed by atoms with van der Waals surface area (Å²) < 4.78 is 6.85. The number of nitrogens with one attached hydrogen (secondary N) is 2. The number of hydrogen-bond donors (Lipinski definition) is 2. The van der Waals surface area contributed by atoms with Crippen LogP contribution in [0, 0.1) is 0 Å². The zero-order chi connectivity index (χ0) is 14.7. The van der Waals surface area contributed by atoms with Crippen LogP contribution < -0.4 is 15.4 Å². The van der Waals surface area contributed by atoms with E-state index in [4.69, 9.17) is 4.74 Å². The first kappa shape index (κ1) is 14.9. The minimum Gasteiger partial charge on any atom is -0.493 e. The Morgan fingerprint density at radius 3 is 2.95 bits per heavy atom. The molecule has 5 heteroatoms. The summed E-state index contributed by atoms with van der Waals surface area (Å²) in [5, 5.41) is 6.55. The maximum absolute atomic E-state index is 12.1. The third-order valence-corrected chi connectivity index (χ3v) is 4.68. The maximum Gasteiger partial charge on any atom is 0.237 e. The van der Waals surface area contributed by atoms with Gasteiger partial charge in [-0.15, -0.1) is 0 Å². The molecule has 2 N–H and O–H groups in total. The first-order valence-corrected chi connectivity index (χ1v) is 8.49. The van der Waals surface area contributed by atoms with Crippen LogP contribution in [-0.4, -0.2) is 25.1 Å². The van der Waals surface area contributed by atoms with Gasteiger partial charge in [-0.1, -0.05) is 22.0 Å². The third kappa shape index (κ3) is 3.58. The summed E-state index contributed by atoms with van der Waals surface area (Å²) in [7, 11) is 0. The van der Waals surface area contributed by atoms with E-state index in [1.165, 1.54) is 0 Å². The third-order valence-electron chi connectivity index (χ3n) is 4.18. The Kier molecular flexibility index (Phi) is 4.80. The van der Waals surface area contributed by atoms with Crippen molar-refractivity contribution < 1.29 is 9.53 Å². The van der Waals surface area contributed by atoms with Crippen molar-refractivity contribution in [3.63, 3.8) is 0 Å². The molecule has 2 atom stereocenters. The average Bonchev–Trinajstić information content (AvgIpc) is 2.79. The molecule has 2 heterocycles. The molecule has 0 aromatic heterocycles. The van der Waals surface area contributed by atoms with E-state index in [1.54, 1.807) is 0 Å². The number of carbonyl (C=O) groups excluding carboxylic acids is 1. The number of rotatable bonds is 2. The molecular formula is C16H21BrN2O2. The van der Waals surface area contributed by atoms with Gasteiger partial charge in [-0.2, -0.15) is 0 Å². The molecule has 114 valence electrons. The van der Waals surface area contributed by atoms with Gasteiger partial charge in [0.25, 0.3) is 0 Å². The second-order valence-electron chi connectivity index (χ2n) is 5.73. The highest BCUT2D eigenvalue weighted by atomic mass is 79.9. The van der Waals surface area contributed by atoms with Gasteiger partial charge < -0.3 is 10.1 Å². The molecule has 4 nitrogen and oxygen atoms in total. The standard InChI is InChI=1S/C16H21BrN2O2/c17-11-6-7-12-13(5-3-9-21-15(12)10-11)19-14-4-1-2-8-18-16(14)20/h6-7,10,13-14,19H,1-5,8-9H2,(H,18,20). The van der Waals surface area contributed by atoms with Crippen LogP contribution in [0.25, 0.3) is 0 Å². The number of hydrogen-bond acceptors (Lipinski definition) is 3. The zero-order valence-electron chi connectivity index (χ0n) is 12.0. The fraction of sp³-hybridized carbons (Fsp3) is 0.562. The number of fused-ring (bicyclic) bond motifs is 1. The monoisotopic (exact) mass is 352 g/mol. The van der Waals surface area contributed by atoms with Crippen LogP contribution in [0.2, 0.25) is 0 Å². The summed E-state index contributed by atoms with van der Waals surface area (Å²) in [6.45, 7) is 1.53. The van der Waals surface area contributed by atoms with E-state index in [2.05, 4.69) is 32.6 Å². The highest BCUT2D eigenvalue weighted by Crippen LogP contribution is 2.34. The van der Waals surface area contributed by atoms with Gasteiger partial charge >= 0.3 is 0 Å². The number of amides is 1. The quantitative estimate of drug-likeness (QED) is 0.860. The van der Waals surface area contributed by atoms with Crippen molar-refractivity contribution >= 4 is 21.8 Å². The van der Waals surface area contributed by atoms with Gasteiger partial charge in [0.15, 0.2) is 0 Å². The average molecular weight is 353 g/mol. The Morgan fingerprint density at radius 1 is 1.19 bits per heavy atom. The van der Waals surface area contributed by atoms with E-state index in [1.807, 2.05) is 12.1 Å². The van der Waals surface area contributed by atoms with Crippen molar-refractivity contribution in [2.24, 2.45) is 0 Å². The molecule has 0 spiro atoms. The van der Waals surface area contributed by atoms with Crippen LogP contribution in [0.1, 0.15) is 43.7 Å². The summed E-state index contributed by atoms with van der Waals surface area (Å²) in [6.07, 6.45) is 5.07. The highest BCUT2D eigenvalue weighted by Gasteiger charge is 2.27. The molecule has 0 saturated carbocycles. The van der Waals surface area contributed by atoms with Gasteiger partial charge in [0, 0.05) is 22.6 Å². The van der Waals surface area contributed by atoms with Crippen molar-refractivity contribution in [2.45, 2.75) is 44.2 Å². The van der Waals surface area contributed by atoms with E-state index in [9.17, 15) is 4.79 Å². The van der Waals surface area contributed by atoms with E-state index in [-0.39, 0.29) is 18.0 Å². The van der Waals surface area contributed by atoms with E-state index >= 15 is 0 Å². The molecular weight excluding hydrogens is 332 g/mol. The van der Waals surface area contributed by atoms with Crippen LogP contribution in [0.3, 0.4) is 0 Å². The van der Waals surface area contributed by atoms with Crippen molar-refractivity contribution in [1.82, 2.24) is 10.6 Å². The lowest BCUT2D eigenvalue weighted by atomic mass is 10.00. The largest absolute Gasteiger partial charge is 0.493 e. The Hall–Kier alpha value is -1.07. The molecule has 0 radical (unpaired) electrons. The van der Waals surface area contributed by atoms with E-state index < -0.39 is 0 Å². The normalized spacial score (nSPS) is 26.0. The summed E-state index contributed by atoms with van der Waals surface area (Å²) in [4.78, 5) is 12.1. The van der Waals surface area contributed by atoms with Crippen molar-refractivity contribution in [1.29, 1.82) is 0 Å². The molecule has 2 aliphatic rings. The molecule has 1 fully saturated rings. The Balaban J connectivity index is 1.80. The molecule has 1 aromatic rings. The number of benzene rings is 1. The zero-order valence-corrected chi connectivity index (χ0v) is 13.6. The minimum atomic E-state index is -0.0907. The molecule has 2 unspecified atom stereocenters. The van der Waals surface area contributed by atoms with Gasteiger partial charge in [0.2, 0.25) is 5.91 Å². The number of carbonyl (C=O) groups is 1. The molecule has 2 aliphatic heterocycles. The van der Waals surface area contributed by atoms with Gasteiger partial charge in [-0.05, 0) is 44.2 Å². The van der Waals surface area contributed by atoms with Gasteiger partial charge in [-0.3, -0.25) is 10.1 Å². The summed E-state index contributed by atoms with van der Waals surface area (Å²) in [5.74, 6) is 1.06. The molecule has 3 rings (SSSR count). The maximum atomic E-state index is 12.1. The summed E-state index contributed by atoms with van der Waals surface area (Å²) in [6, 6.07) is 6.24. The second-order valence-corrected chi connectivity index (χ2v) is 6.65. The lowest BCUT2D eigenvalue weighted by Gasteiger charge is -2.24. The smallest absolute Gasteiger partial charge is 0.237 e. The highest BCUT2D eigenvalue weighted by molar-refractivity contribution is 9.10. The summed E-state index contributed by atoms with van der Waals surface area (Å²) >= 11 is 3.49. The SMILES string of the molecule is O=C1NCCCCC1NC1CCCOc2cc(Br)ccc21. The fourth-order valence-corrected chi connectivity index (χ4v) is 3.40. The molecule has 1 aromatic carbocycles. The van der Waals surface area contributed by atoms with Crippen LogP contribution in [0.15, 0.2) is 22.7 Å². The second kappa shape index (κ2) is 6.79. The molecule has 1 amide bonds. The van der Waals surface area contributed by atoms with Crippen molar-refractivity contribution in [2.75, 3.05) is 13.2 Å². The lowest BCUT2D eigenvalue weighted by Crippen LogP contribution is -2.44. The number of halogens is 1. The summed E-state index contributed by atoms with van der Waals surface area (Å²) in [5.41, 5.74) is 1.16. The van der Waals surface area contributed by atoms with Crippen molar-refractivity contribution in [3.8, 4) is 5.75 Å². The van der Waals surface area contributed by atoms with Crippen molar-refractivity contribution in [3.05, 3.63) is 28.2 Å². The van der Waals surface area contributed by atoms with Crippen LogP contribution in [-0.2, 0) is 4.79 Å². The van der Waals surface area contributed by atoms with E-state index in [0.29, 0.717) is 0 Å². The predicted octanol–water partition coefficient (Wildman–Crippen LogP) is 2.92. The molecule has 21 heavy (non-hydrogen) atoms. The van der Waals surface area contributed by atoms with Crippen LogP contribution in [0.5, 0.6) is 5.75 Å². The van der Waals surface area contributed by atoms with Gasteiger partial charge in [0.1, 0.15) is 5.75 Å². The Labute approximate surface area is 133 Å². The van der Waals surface area contributed by atoms with Crippen LogP contribution in [0.4, 0.5) is 0 Å². The first-order valence-electron chi connectivity index (χ1n) is 7.70. The predicted molar refractivity (Wildman–Crippen MR) is 85.4 cm³/mol. The molecule has 0 aliphatic carbocycles.